The summed E-state index contributed by atoms with van der Waals surface area (Å²) in [6.07, 6.45) is 0.317. The Bertz CT molecular complexity index is 560. The van der Waals surface area contributed by atoms with Gasteiger partial charge in [-0.05, 0) is 38.1 Å². The van der Waals surface area contributed by atoms with E-state index in [2.05, 4.69) is 24.5 Å². The molecule has 0 aromatic heterocycles. The second kappa shape index (κ2) is 8.89. The lowest BCUT2D eigenvalue weighted by Gasteiger charge is -2.18. The van der Waals surface area contributed by atoms with E-state index in [1.807, 2.05) is 12.1 Å². The molecule has 1 aromatic carbocycles. The standard InChI is InChI=1S/C17H25ClN4O2/c1-3-21(4-2)10-9-19-17(24)20-14-11-16(23)22(12-14)15-7-5-13(18)6-8-15/h5-8,14H,3-4,9-12H2,1-2H3,(H2,19,20,24)/p+1/t14-/m1/s1. The third kappa shape index (κ3) is 5.11. The van der Waals surface area contributed by atoms with Crippen molar-refractivity contribution in [1.29, 1.82) is 0 Å². The molecule has 24 heavy (non-hydrogen) atoms. The van der Waals surface area contributed by atoms with Gasteiger partial charge in [0.05, 0.1) is 32.2 Å². The number of likely N-dealkylation sites (N-methyl/N-ethyl adjacent to an activating group) is 1. The molecule has 1 fully saturated rings. The summed E-state index contributed by atoms with van der Waals surface area (Å²) in [4.78, 5) is 27.3. The number of amides is 3. The monoisotopic (exact) mass is 353 g/mol. The Balaban J connectivity index is 1.79. The Hall–Kier alpha value is -1.79. The zero-order valence-electron chi connectivity index (χ0n) is 14.3. The molecule has 3 amide bonds. The van der Waals surface area contributed by atoms with Gasteiger partial charge in [0.1, 0.15) is 0 Å². The number of carbonyl (C=O) groups excluding carboxylic acids is 2. The zero-order valence-corrected chi connectivity index (χ0v) is 15.0. The first-order chi connectivity index (χ1) is 11.5. The van der Waals surface area contributed by atoms with E-state index in [4.69, 9.17) is 11.6 Å². The normalized spacial score (nSPS) is 17.4. The number of halogens is 1. The van der Waals surface area contributed by atoms with Gasteiger partial charge < -0.3 is 20.4 Å². The van der Waals surface area contributed by atoms with Gasteiger partial charge in [-0.15, -0.1) is 0 Å². The minimum atomic E-state index is -0.211. The van der Waals surface area contributed by atoms with Crippen molar-refractivity contribution in [2.24, 2.45) is 0 Å². The van der Waals surface area contributed by atoms with Crippen molar-refractivity contribution in [2.75, 3.05) is 37.6 Å². The predicted octanol–water partition coefficient (Wildman–Crippen LogP) is 0.669. The Labute approximate surface area is 148 Å². The van der Waals surface area contributed by atoms with Crippen LogP contribution in [0.5, 0.6) is 0 Å². The number of urea groups is 1. The number of nitrogens with one attached hydrogen (secondary N) is 3. The van der Waals surface area contributed by atoms with Crippen LogP contribution in [-0.4, -0.2) is 50.7 Å². The van der Waals surface area contributed by atoms with E-state index in [-0.39, 0.29) is 18.0 Å². The van der Waals surface area contributed by atoms with Crippen LogP contribution in [0, 0.1) is 0 Å². The number of anilines is 1. The summed E-state index contributed by atoms with van der Waals surface area (Å²) in [7, 11) is 0. The molecule has 0 radical (unpaired) electrons. The Morgan fingerprint density at radius 3 is 2.58 bits per heavy atom. The number of nitrogens with zero attached hydrogens (tertiary/aromatic N) is 1. The first-order valence-electron chi connectivity index (χ1n) is 8.47. The van der Waals surface area contributed by atoms with Gasteiger partial charge in [-0.3, -0.25) is 4.79 Å². The minimum Gasteiger partial charge on any atom is -0.334 e. The first kappa shape index (κ1) is 18.5. The van der Waals surface area contributed by atoms with Crippen molar-refractivity contribution in [2.45, 2.75) is 26.3 Å². The Morgan fingerprint density at radius 2 is 1.96 bits per heavy atom. The average Bonchev–Trinajstić information content (AvgIpc) is 2.92. The summed E-state index contributed by atoms with van der Waals surface area (Å²) in [5.74, 6) is 0.00945. The highest BCUT2D eigenvalue weighted by Crippen LogP contribution is 2.23. The van der Waals surface area contributed by atoms with Crippen LogP contribution >= 0.6 is 11.6 Å². The maximum Gasteiger partial charge on any atom is 0.315 e. The molecule has 0 bridgehead atoms. The fourth-order valence-corrected chi connectivity index (χ4v) is 2.99. The van der Waals surface area contributed by atoms with Gasteiger partial charge in [-0.1, -0.05) is 11.6 Å². The molecular formula is C17H26ClN4O2+. The van der Waals surface area contributed by atoms with E-state index < -0.39 is 0 Å². The van der Waals surface area contributed by atoms with Crippen LogP contribution in [0.25, 0.3) is 0 Å². The number of rotatable bonds is 7. The van der Waals surface area contributed by atoms with Crippen molar-refractivity contribution in [3.05, 3.63) is 29.3 Å². The molecule has 7 heteroatoms. The third-order valence-corrected chi connectivity index (χ3v) is 4.61. The smallest absolute Gasteiger partial charge is 0.315 e. The van der Waals surface area contributed by atoms with Crippen LogP contribution in [0.15, 0.2) is 24.3 Å². The van der Waals surface area contributed by atoms with Gasteiger partial charge in [0.15, 0.2) is 0 Å². The zero-order chi connectivity index (χ0) is 17.5. The van der Waals surface area contributed by atoms with Crippen molar-refractivity contribution in [3.63, 3.8) is 0 Å². The fourth-order valence-electron chi connectivity index (χ4n) is 2.87. The maximum absolute atomic E-state index is 12.2. The van der Waals surface area contributed by atoms with Gasteiger partial charge in [0, 0.05) is 23.7 Å². The summed E-state index contributed by atoms with van der Waals surface area (Å²) >= 11 is 5.87. The fraction of sp³-hybridized carbons (Fsp3) is 0.529. The van der Waals surface area contributed by atoms with Gasteiger partial charge in [-0.2, -0.15) is 0 Å². The van der Waals surface area contributed by atoms with E-state index in [1.165, 1.54) is 4.90 Å². The maximum atomic E-state index is 12.2. The van der Waals surface area contributed by atoms with Crippen LogP contribution in [0.3, 0.4) is 0 Å². The van der Waals surface area contributed by atoms with Crippen molar-refractivity contribution in [1.82, 2.24) is 10.6 Å². The van der Waals surface area contributed by atoms with Crippen LogP contribution in [0.4, 0.5) is 10.5 Å². The molecule has 0 saturated carbocycles. The van der Waals surface area contributed by atoms with Crippen LogP contribution in [-0.2, 0) is 4.79 Å². The largest absolute Gasteiger partial charge is 0.334 e. The summed E-state index contributed by atoms with van der Waals surface area (Å²) in [5, 5.41) is 6.38. The Morgan fingerprint density at radius 1 is 1.29 bits per heavy atom. The van der Waals surface area contributed by atoms with Crippen LogP contribution in [0.2, 0.25) is 5.02 Å². The van der Waals surface area contributed by atoms with E-state index in [0.29, 0.717) is 24.5 Å². The molecule has 1 atom stereocenters. The van der Waals surface area contributed by atoms with Crippen molar-refractivity contribution in [3.8, 4) is 0 Å². The van der Waals surface area contributed by atoms with Gasteiger partial charge in [-0.25, -0.2) is 4.79 Å². The molecule has 6 nitrogen and oxygen atoms in total. The number of hydrogen-bond acceptors (Lipinski definition) is 2. The van der Waals surface area contributed by atoms with Crippen LogP contribution < -0.4 is 20.4 Å². The van der Waals surface area contributed by atoms with Crippen molar-refractivity contribution >= 4 is 29.2 Å². The molecule has 2 rings (SSSR count). The molecule has 132 valence electrons. The second-order valence-electron chi connectivity index (χ2n) is 5.99. The molecule has 0 spiro atoms. The topological polar surface area (TPSA) is 65.9 Å². The molecule has 0 unspecified atom stereocenters. The average molecular weight is 354 g/mol. The molecule has 1 heterocycles. The van der Waals surface area contributed by atoms with Crippen LogP contribution in [0.1, 0.15) is 20.3 Å². The lowest BCUT2D eigenvalue weighted by Crippen LogP contribution is -3.12. The third-order valence-electron chi connectivity index (χ3n) is 4.36. The Kier molecular flexibility index (Phi) is 6.87. The molecule has 1 aliphatic rings. The SMILES string of the molecule is CC[NH+](CC)CCNC(=O)N[C@@H]1CC(=O)N(c2ccc(Cl)cc2)C1. The molecule has 1 saturated heterocycles. The van der Waals surface area contributed by atoms with E-state index in [1.54, 1.807) is 17.0 Å². The number of carbonyl (C=O) groups is 2. The van der Waals surface area contributed by atoms with E-state index in [0.717, 1.165) is 25.3 Å². The van der Waals surface area contributed by atoms with E-state index >= 15 is 0 Å². The van der Waals surface area contributed by atoms with Crippen molar-refractivity contribution < 1.29 is 14.5 Å². The summed E-state index contributed by atoms with van der Waals surface area (Å²) in [5.41, 5.74) is 0.805. The number of quaternary nitrogens is 1. The number of benzene rings is 1. The molecular weight excluding hydrogens is 328 g/mol. The molecule has 0 aliphatic carbocycles. The lowest BCUT2D eigenvalue weighted by atomic mass is 10.2. The minimum absolute atomic E-state index is 0.00945. The van der Waals surface area contributed by atoms with Gasteiger partial charge >= 0.3 is 6.03 Å². The van der Waals surface area contributed by atoms with E-state index in [9.17, 15) is 9.59 Å². The van der Waals surface area contributed by atoms with Gasteiger partial charge in [0.2, 0.25) is 5.91 Å². The molecule has 3 N–H and O–H groups in total. The lowest BCUT2D eigenvalue weighted by molar-refractivity contribution is -0.895. The molecule has 1 aliphatic heterocycles. The number of hydrogen-bond donors (Lipinski definition) is 3. The highest BCUT2D eigenvalue weighted by molar-refractivity contribution is 6.30. The quantitative estimate of drug-likeness (QED) is 0.674. The summed E-state index contributed by atoms with van der Waals surface area (Å²) in [6.45, 7) is 8.38. The van der Waals surface area contributed by atoms with Gasteiger partial charge in [0.25, 0.3) is 0 Å². The molecule has 1 aromatic rings. The highest BCUT2D eigenvalue weighted by Gasteiger charge is 2.31. The first-order valence-corrected chi connectivity index (χ1v) is 8.85. The predicted molar refractivity (Wildman–Crippen MR) is 95.7 cm³/mol. The second-order valence-corrected chi connectivity index (χ2v) is 6.43. The summed E-state index contributed by atoms with van der Waals surface area (Å²) in [6, 6.07) is 6.76. The highest BCUT2D eigenvalue weighted by atomic mass is 35.5. The summed E-state index contributed by atoms with van der Waals surface area (Å²) < 4.78 is 0.